The molecule has 0 spiro atoms. The normalized spacial score (nSPS) is 22.8. The fourth-order valence-corrected chi connectivity index (χ4v) is 8.69. The Bertz CT molecular complexity index is 2270. The van der Waals surface area contributed by atoms with Crippen LogP contribution < -0.4 is 10.1 Å². The van der Waals surface area contributed by atoms with Crippen molar-refractivity contribution in [2.45, 2.75) is 84.8 Å². The van der Waals surface area contributed by atoms with Crippen LogP contribution in [0.15, 0.2) is 59.5 Å². The number of benzene rings is 1. The fourth-order valence-electron chi connectivity index (χ4n) is 8.38. The van der Waals surface area contributed by atoms with E-state index in [9.17, 15) is 14.4 Å². The molecule has 6 heterocycles. The maximum atomic E-state index is 14.7. The summed E-state index contributed by atoms with van der Waals surface area (Å²) < 4.78 is 8.64. The predicted molar refractivity (Wildman–Crippen MR) is 202 cm³/mol. The Labute approximate surface area is 315 Å². The number of ketones is 1. The van der Waals surface area contributed by atoms with Crippen molar-refractivity contribution in [1.82, 2.24) is 34.6 Å². The molecular formula is C40H41BrN8O4. The van der Waals surface area contributed by atoms with Crippen LogP contribution >= 0.6 is 15.9 Å². The maximum Gasteiger partial charge on any atom is 0.248 e. The van der Waals surface area contributed by atoms with E-state index in [1.165, 1.54) is 6.92 Å². The summed E-state index contributed by atoms with van der Waals surface area (Å²) in [4.78, 5) is 61.9. The Morgan fingerprint density at radius 2 is 1.79 bits per heavy atom. The lowest BCUT2D eigenvalue weighted by atomic mass is 9.96. The first-order chi connectivity index (χ1) is 25.5. The van der Waals surface area contributed by atoms with Crippen molar-refractivity contribution < 1.29 is 19.1 Å². The Morgan fingerprint density at radius 3 is 2.58 bits per heavy atom. The quantitative estimate of drug-likeness (QED) is 0.161. The van der Waals surface area contributed by atoms with Crippen LogP contribution in [0.4, 0.5) is 5.82 Å². The molecule has 2 aliphatic heterocycles. The minimum absolute atomic E-state index is 0.0866. The summed E-state index contributed by atoms with van der Waals surface area (Å²) in [7, 11) is 0. The topological polar surface area (TPSA) is 145 Å². The van der Waals surface area contributed by atoms with Crippen molar-refractivity contribution in [2.24, 2.45) is 11.3 Å². The summed E-state index contributed by atoms with van der Waals surface area (Å²) >= 11 is 3.41. The molecule has 2 fully saturated rings. The van der Waals surface area contributed by atoms with E-state index < -0.39 is 11.5 Å². The first kappa shape index (κ1) is 35.0. The Balaban J connectivity index is 1.22. The second kappa shape index (κ2) is 13.7. The zero-order valence-electron chi connectivity index (χ0n) is 30.2. The van der Waals surface area contributed by atoms with Gasteiger partial charge in [-0.15, -0.1) is 0 Å². The number of ether oxygens (including phenoxy) is 1. The molecule has 12 nitrogen and oxygen atoms in total. The third-order valence-electron chi connectivity index (χ3n) is 11.3. The van der Waals surface area contributed by atoms with Crippen molar-refractivity contribution in [3.63, 3.8) is 0 Å². The van der Waals surface area contributed by atoms with Crippen LogP contribution in [0.1, 0.15) is 72.7 Å². The number of carbonyl (C=O) groups is 3. The molecule has 1 aromatic carbocycles. The number of anilines is 1. The average molecular weight is 778 g/mol. The van der Waals surface area contributed by atoms with Crippen LogP contribution in [0.5, 0.6) is 5.88 Å². The highest BCUT2D eigenvalue weighted by Crippen LogP contribution is 2.64. The summed E-state index contributed by atoms with van der Waals surface area (Å²) in [5.74, 6) is 0.991. The smallest absolute Gasteiger partial charge is 0.248 e. The van der Waals surface area contributed by atoms with Gasteiger partial charge in [-0.25, -0.2) is 19.9 Å². The number of pyridine rings is 2. The van der Waals surface area contributed by atoms with Crippen LogP contribution in [0.2, 0.25) is 0 Å². The van der Waals surface area contributed by atoms with Crippen molar-refractivity contribution in [2.75, 3.05) is 11.9 Å². The first-order valence-electron chi connectivity index (χ1n) is 18.2. The molecule has 1 saturated carbocycles. The van der Waals surface area contributed by atoms with E-state index in [1.807, 2.05) is 50.2 Å². The summed E-state index contributed by atoms with van der Waals surface area (Å²) in [5, 5.41) is 8.49. The standard InChI is InChI=1S/C40H41BrN8O4/c1-22-13-14-32(41)45-38(22)46-39(52)31-17-40-21-53-33-12-8-11-29(44-33)10-7-5-6-9-26-15-27(28-18-42-25(4)43-19-28)16-30-35(24(3)50)47-48(36(26)30)20-34(51)49(31)37(40)23(40)2/h8,11-16,18-19,23,31,37H,5-7,9-10,17,20-21H2,1-4H3,(H,45,46,52)/t23-,31-,37?,40+/m0/s1. The molecule has 2 amide bonds. The molecule has 3 aliphatic rings. The fraction of sp³-hybridized carbons (Fsp3) is 0.400. The number of piperidine rings is 1. The molecule has 4 atom stereocenters. The number of hydrogen-bond acceptors (Lipinski definition) is 9. The highest BCUT2D eigenvalue weighted by atomic mass is 79.9. The number of amides is 2. The number of carbonyl (C=O) groups excluding carboxylic acids is 3. The van der Waals surface area contributed by atoms with Gasteiger partial charge in [-0.1, -0.05) is 25.5 Å². The van der Waals surface area contributed by atoms with Crippen LogP contribution in [0.25, 0.3) is 22.0 Å². The third-order valence-corrected chi connectivity index (χ3v) is 11.7. The van der Waals surface area contributed by atoms with Gasteiger partial charge in [-0.3, -0.25) is 19.1 Å². The highest BCUT2D eigenvalue weighted by molar-refractivity contribution is 9.10. The zero-order valence-corrected chi connectivity index (χ0v) is 31.8. The zero-order chi connectivity index (χ0) is 37.0. The van der Waals surface area contributed by atoms with Crippen molar-refractivity contribution in [3.8, 4) is 17.0 Å². The minimum atomic E-state index is -0.768. The van der Waals surface area contributed by atoms with Crippen LogP contribution in [0.3, 0.4) is 0 Å². The number of Topliss-reactive ketones (excluding diaryl/α,β-unsaturated/α-hetero) is 1. The monoisotopic (exact) mass is 776 g/mol. The average Bonchev–Trinajstić information content (AvgIpc) is 3.39. The summed E-state index contributed by atoms with van der Waals surface area (Å²) in [6, 6.07) is 12.6. The predicted octanol–water partition coefficient (Wildman–Crippen LogP) is 6.46. The molecule has 8 rings (SSSR count). The molecule has 53 heavy (non-hydrogen) atoms. The number of fused-ring (bicyclic) bond motifs is 2. The van der Waals surface area contributed by atoms with E-state index in [0.29, 0.717) is 52.7 Å². The number of nitrogens with zero attached hydrogens (tertiary/aromatic N) is 7. The number of aromatic nitrogens is 6. The molecule has 272 valence electrons. The van der Waals surface area contributed by atoms with Gasteiger partial charge in [0, 0.05) is 53.5 Å². The summed E-state index contributed by atoms with van der Waals surface area (Å²) in [6.45, 7) is 7.52. The van der Waals surface area contributed by atoms with E-state index in [-0.39, 0.29) is 36.1 Å². The molecule has 1 aliphatic carbocycles. The van der Waals surface area contributed by atoms with Gasteiger partial charge in [0.05, 0.1) is 12.1 Å². The van der Waals surface area contributed by atoms with Gasteiger partial charge >= 0.3 is 0 Å². The van der Waals surface area contributed by atoms with E-state index in [1.54, 1.807) is 22.0 Å². The SMILES string of the molecule is CC(=O)c1nn2c3c(cc(-c4cnc(C)nc4)cc13)CCCCCc1cccc(n1)OC[C@@]13C[C@@H](C(=O)Nc4nc(Br)ccc4C)N(C(=O)C2)C1[C@@H]3C. The molecule has 1 unspecified atom stereocenters. The lowest BCUT2D eigenvalue weighted by Gasteiger charge is -2.28. The van der Waals surface area contributed by atoms with Gasteiger partial charge in [-0.05, 0) is 109 Å². The highest BCUT2D eigenvalue weighted by Gasteiger charge is 2.73. The second-order valence-electron chi connectivity index (χ2n) is 14.7. The molecule has 1 saturated heterocycles. The number of halogens is 1. The first-order valence-corrected chi connectivity index (χ1v) is 19.0. The van der Waals surface area contributed by atoms with Gasteiger partial charge in [0.15, 0.2) is 5.78 Å². The third kappa shape index (κ3) is 6.49. The van der Waals surface area contributed by atoms with E-state index >= 15 is 0 Å². The second-order valence-corrected chi connectivity index (χ2v) is 15.5. The number of aryl methyl sites for hydroxylation is 4. The molecule has 0 radical (unpaired) electrons. The minimum Gasteiger partial charge on any atom is -0.477 e. The van der Waals surface area contributed by atoms with Crippen molar-refractivity contribution in [1.29, 1.82) is 0 Å². The molecular weight excluding hydrogens is 736 g/mol. The molecule has 4 bridgehead atoms. The van der Waals surface area contributed by atoms with Gasteiger partial charge in [0.2, 0.25) is 17.7 Å². The maximum absolute atomic E-state index is 14.7. The van der Waals surface area contributed by atoms with Gasteiger partial charge in [0.25, 0.3) is 0 Å². The van der Waals surface area contributed by atoms with Crippen molar-refractivity contribution >= 4 is 50.2 Å². The number of nitrogens with one attached hydrogen (secondary N) is 1. The lowest BCUT2D eigenvalue weighted by Crippen LogP contribution is -2.47. The van der Waals surface area contributed by atoms with E-state index in [4.69, 9.17) is 14.8 Å². The number of rotatable bonds is 4. The van der Waals surface area contributed by atoms with Crippen LogP contribution in [0, 0.1) is 25.2 Å². The largest absolute Gasteiger partial charge is 0.477 e. The van der Waals surface area contributed by atoms with E-state index in [0.717, 1.165) is 59.1 Å². The van der Waals surface area contributed by atoms with Crippen LogP contribution in [-0.4, -0.2) is 70.9 Å². The Hall–Kier alpha value is -5.04. The van der Waals surface area contributed by atoms with Gasteiger partial charge in [-0.2, -0.15) is 5.10 Å². The van der Waals surface area contributed by atoms with Crippen molar-refractivity contribution in [3.05, 3.63) is 87.8 Å². The van der Waals surface area contributed by atoms with Gasteiger partial charge in [0.1, 0.15) is 34.5 Å². The Morgan fingerprint density at radius 1 is 1.00 bits per heavy atom. The molecule has 4 aromatic heterocycles. The Kier molecular flexibility index (Phi) is 9.08. The number of hydrogen-bond donors (Lipinski definition) is 1. The molecule has 5 aromatic rings. The van der Waals surface area contributed by atoms with Crippen LogP contribution in [-0.2, 0) is 29.0 Å². The lowest BCUT2D eigenvalue weighted by molar-refractivity contribution is -0.138. The molecule has 1 N–H and O–H groups in total. The van der Waals surface area contributed by atoms with Gasteiger partial charge < -0.3 is 15.0 Å². The van der Waals surface area contributed by atoms with E-state index in [2.05, 4.69) is 49.2 Å². The molecule has 13 heteroatoms. The summed E-state index contributed by atoms with van der Waals surface area (Å²) in [6.07, 6.45) is 8.31. The summed E-state index contributed by atoms with van der Waals surface area (Å²) in [5.41, 5.74) is 5.09.